The van der Waals surface area contributed by atoms with E-state index in [0.717, 1.165) is 38.5 Å². The number of nitrogens with zero attached hydrogens (tertiary/aromatic N) is 1. The topological polar surface area (TPSA) is 35.5 Å². The van der Waals surface area contributed by atoms with Gasteiger partial charge in [-0.3, -0.25) is 0 Å². The van der Waals surface area contributed by atoms with Crippen LogP contribution in [-0.2, 0) is 0 Å². The lowest BCUT2D eigenvalue weighted by Gasteiger charge is -2.27. The van der Waals surface area contributed by atoms with E-state index in [2.05, 4.69) is 24.1 Å². The number of hydrogen-bond donors (Lipinski definition) is 2. The van der Waals surface area contributed by atoms with Crippen molar-refractivity contribution >= 4 is 0 Å². The first kappa shape index (κ1) is 15.9. The number of nitrogens with one attached hydrogen (secondary N) is 1. The Bertz CT molecular complexity index is 189. The highest BCUT2D eigenvalue weighted by atomic mass is 16.3. The number of rotatable bonds is 9. The SMILES string of the molecule is CCN(CC)CCNC(CO)CC1CCCCC1. The Hall–Kier alpha value is -0.120. The van der Waals surface area contributed by atoms with E-state index in [0.29, 0.717) is 6.04 Å². The van der Waals surface area contributed by atoms with Gasteiger partial charge in [-0.1, -0.05) is 46.0 Å². The van der Waals surface area contributed by atoms with E-state index in [1.54, 1.807) is 0 Å². The van der Waals surface area contributed by atoms with Crippen molar-refractivity contribution < 1.29 is 5.11 Å². The molecule has 1 atom stereocenters. The Morgan fingerprint density at radius 2 is 1.83 bits per heavy atom. The van der Waals surface area contributed by atoms with E-state index in [4.69, 9.17) is 0 Å². The van der Waals surface area contributed by atoms with Gasteiger partial charge in [0.05, 0.1) is 6.61 Å². The number of aliphatic hydroxyl groups is 1. The lowest BCUT2D eigenvalue weighted by Crippen LogP contribution is -2.40. The largest absolute Gasteiger partial charge is 0.395 e. The van der Waals surface area contributed by atoms with Crippen LogP contribution < -0.4 is 5.32 Å². The zero-order chi connectivity index (χ0) is 13.2. The molecule has 1 unspecified atom stereocenters. The van der Waals surface area contributed by atoms with Crippen molar-refractivity contribution in [1.29, 1.82) is 0 Å². The number of likely N-dealkylation sites (N-methyl/N-ethyl adjacent to an activating group) is 1. The summed E-state index contributed by atoms with van der Waals surface area (Å²) in [5.74, 6) is 0.844. The third-order valence-corrected chi connectivity index (χ3v) is 4.32. The summed E-state index contributed by atoms with van der Waals surface area (Å²) in [6.45, 7) is 9.02. The summed E-state index contributed by atoms with van der Waals surface area (Å²) in [5.41, 5.74) is 0. The summed E-state index contributed by atoms with van der Waals surface area (Å²) in [4.78, 5) is 2.42. The first-order valence-corrected chi connectivity index (χ1v) is 7.86. The lowest BCUT2D eigenvalue weighted by molar-refractivity contribution is 0.198. The van der Waals surface area contributed by atoms with Gasteiger partial charge in [-0.05, 0) is 25.4 Å². The van der Waals surface area contributed by atoms with Gasteiger partial charge in [-0.2, -0.15) is 0 Å². The van der Waals surface area contributed by atoms with E-state index >= 15 is 0 Å². The molecule has 0 heterocycles. The highest BCUT2D eigenvalue weighted by Crippen LogP contribution is 2.27. The highest BCUT2D eigenvalue weighted by Gasteiger charge is 2.18. The van der Waals surface area contributed by atoms with E-state index < -0.39 is 0 Å². The molecule has 0 spiro atoms. The third kappa shape index (κ3) is 6.17. The van der Waals surface area contributed by atoms with Gasteiger partial charge in [0.2, 0.25) is 0 Å². The smallest absolute Gasteiger partial charge is 0.0584 e. The standard InChI is InChI=1S/C15H32N2O/c1-3-17(4-2)11-10-16-15(13-18)12-14-8-6-5-7-9-14/h14-16,18H,3-13H2,1-2H3. The molecule has 1 aliphatic rings. The van der Waals surface area contributed by atoms with Crippen LogP contribution in [0.1, 0.15) is 52.4 Å². The van der Waals surface area contributed by atoms with Crippen LogP contribution in [0.5, 0.6) is 0 Å². The van der Waals surface area contributed by atoms with E-state index in [9.17, 15) is 5.11 Å². The normalized spacial score (nSPS) is 19.3. The first-order valence-electron chi connectivity index (χ1n) is 7.86. The second-order valence-corrected chi connectivity index (χ2v) is 5.60. The Morgan fingerprint density at radius 1 is 1.17 bits per heavy atom. The van der Waals surface area contributed by atoms with Crippen LogP contribution in [0.15, 0.2) is 0 Å². The van der Waals surface area contributed by atoms with Crippen LogP contribution in [-0.4, -0.2) is 48.8 Å². The van der Waals surface area contributed by atoms with Gasteiger partial charge in [-0.25, -0.2) is 0 Å². The fraction of sp³-hybridized carbons (Fsp3) is 1.00. The monoisotopic (exact) mass is 256 g/mol. The lowest BCUT2D eigenvalue weighted by atomic mass is 9.85. The van der Waals surface area contributed by atoms with Crippen LogP contribution in [0, 0.1) is 5.92 Å². The molecule has 0 bridgehead atoms. The molecule has 0 amide bonds. The van der Waals surface area contributed by atoms with Crippen LogP contribution in [0.25, 0.3) is 0 Å². The summed E-state index contributed by atoms with van der Waals surface area (Å²) in [5, 5.41) is 13.0. The van der Waals surface area contributed by atoms with Crippen molar-refractivity contribution in [3.63, 3.8) is 0 Å². The molecule has 0 aromatic heterocycles. The molecule has 0 saturated heterocycles. The molecule has 3 nitrogen and oxygen atoms in total. The van der Waals surface area contributed by atoms with Crippen molar-refractivity contribution in [3.8, 4) is 0 Å². The molecule has 1 aliphatic carbocycles. The van der Waals surface area contributed by atoms with Gasteiger partial charge in [0.1, 0.15) is 0 Å². The summed E-state index contributed by atoms with van der Waals surface area (Å²) < 4.78 is 0. The molecule has 1 rings (SSSR count). The average molecular weight is 256 g/mol. The summed E-state index contributed by atoms with van der Waals surface area (Å²) in [7, 11) is 0. The van der Waals surface area contributed by atoms with Gasteiger partial charge in [0.15, 0.2) is 0 Å². The maximum Gasteiger partial charge on any atom is 0.0584 e. The van der Waals surface area contributed by atoms with Crippen molar-refractivity contribution in [1.82, 2.24) is 10.2 Å². The molecule has 0 aromatic rings. The molecule has 108 valence electrons. The second kappa shape index (κ2) is 9.76. The maximum atomic E-state index is 9.46. The molecule has 1 fully saturated rings. The van der Waals surface area contributed by atoms with Crippen LogP contribution in [0.4, 0.5) is 0 Å². The van der Waals surface area contributed by atoms with Gasteiger partial charge >= 0.3 is 0 Å². The zero-order valence-electron chi connectivity index (χ0n) is 12.3. The molecule has 0 aromatic carbocycles. The Labute approximate surface area is 113 Å². The highest BCUT2D eigenvalue weighted by molar-refractivity contribution is 4.74. The quantitative estimate of drug-likeness (QED) is 0.664. The van der Waals surface area contributed by atoms with Crippen LogP contribution in [0.2, 0.25) is 0 Å². The summed E-state index contributed by atoms with van der Waals surface area (Å²) >= 11 is 0. The average Bonchev–Trinajstić information content (AvgIpc) is 2.43. The van der Waals surface area contributed by atoms with E-state index in [1.807, 2.05) is 0 Å². The second-order valence-electron chi connectivity index (χ2n) is 5.60. The molecular weight excluding hydrogens is 224 g/mol. The molecule has 3 heteroatoms. The molecule has 2 N–H and O–H groups in total. The zero-order valence-corrected chi connectivity index (χ0v) is 12.3. The van der Waals surface area contributed by atoms with Crippen molar-refractivity contribution in [3.05, 3.63) is 0 Å². The van der Waals surface area contributed by atoms with Crippen molar-refractivity contribution in [2.45, 2.75) is 58.4 Å². The third-order valence-electron chi connectivity index (χ3n) is 4.32. The molecule has 1 saturated carbocycles. The van der Waals surface area contributed by atoms with Crippen molar-refractivity contribution in [2.75, 3.05) is 32.8 Å². The Kier molecular flexibility index (Phi) is 8.64. The Balaban J connectivity index is 2.16. The maximum absolute atomic E-state index is 9.46. The minimum atomic E-state index is 0.286. The minimum Gasteiger partial charge on any atom is -0.395 e. The van der Waals surface area contributed by atoms with E-state index in [-0.39, 0.29) is 6.61 Å². The fourth-order valence-corrected chi connectivity index (χ4v) is 3.01. The molecule has 0 radical (unpaired) electrons. The van der Waals surface area contributed by atoms with Gasteiger partial charge in [-0.15, -0.1) is 0 Å². The fourth-order valence-electron chi connectivity index (χ4n) is 3.01. The Morgan fingerprint density at radius 3 is 2.39 bits per heavy atom. The van der Waals surface area contributed by atoms with Crippen LogP contribution >= 0.6 is 0 Å². The number of aliphatic hydroxyl groups excluding tert-OH is 1. The van der Waals surface area contributed by atoms with Gasteiger partial charge < -0.3 is 15.3 Å². The predicted molar refractivity (Wildman–Crippen MR) is 77.9 cm³/mol. The predicted octanol–water partition coefficient (Wildman–Crippen LogP) is 2.25. The number of hydrogen-bond acceptors (Lipinski definition) is 3. The summed E-state index contributed by atoms with van der Waals surface area (Å²) in [6.07, 6.45) is 8.09. The molecule has 0 aliphatic heterocycles. The van der Waals surface area contributed by atoms with Gasteiger partial charge in [0.25, 0.3) is 0 Å². The van der Waals surface area contributed by atoms with Crippen LogP contribution in [0.3, 0.4) is 0 Å². The molecular formula is C15H32N2O. The molecule has 18 heavy (non-hydrogen) atoms. The van der Waals surface area contributed by atoms with Crippen molar-refractivity contribution in [2.24, 2.45) is 5.92 Å². The minimum absolute atomic E-state index is 0.286. The van der Waals surface area contributed by atoms with Gasteiger partial charge in [0, 0.05) is 19.1 Å². The summed E-state index contributed by atoms with van der Waals surface area (Å²) in [6, 6.07) is 0.309. The van der Waals surface area contributed by atoms with E-state index in [1.165, 1.54) is 32.1 Å². The first-order chi connectivity index (χ1) is 8.80.